The van der Waals surface area contributed by atoms with E-state index in [1.54, 1.807) is 35.2 Å². The van der Waals surface area contributed by atoms with Crippen LogP contribution in [0.1, 0.15) is 22.3 Å². The Hall–Kier alpha value is -5.41. The van der Waals surface area contributed by atoms with Crippen LogP contribution in [-0.2, 0) is 27.5 Å². The number of amides is 3. The lowest BCUT2D eigenvalue weighted by atomic mass is 10.1. The zero-order valence-electron chi connectivity index (χ0n) is 23.5. The highest BCUT2D eigenvalue weighted by Crippen LogP contribution is 2.28. The minimum Gasteiger partial charge on any atom is -0.497 e. The van der Waals surface area contributed by atoms with Crippen LogP contribution in [-0.4, -0.2) is 100 Å². The minimum absolute atomic E-state index is 0.122. The molecule has 3 aliphatic rings. The maximum absolute atomic E-state index is 13.4. The third kappa shape index (κ3) is 8.08. The molecular formula is C27H31N7O9. The topological polar surface area (TPSA) is 196 Å². The molecule has 6 rings (SSSR count). The van der Waals surface area contributed by atoms with Gasteiger partial charge in [0, 0.05) is 42.8 Å². The summed E-state index contributed by atoms with van der Waals surface area (Å²) in [4.78, 5) is 48.9. The van der Waals surface area contributed by atoms with Gasteiger partial charge in [-0.15, -0.1) is 5.10 Å². The lowest BCUT2D eigenvalue weighted by molar-refractivity contribution is -0.130. The Kier molecular flexibility index (Phi) is 10.3. The van der Waals surface area contributed by atoms with Crippen LogP contribution < -0.4 is 29.6 Å². The highest BCUT2D eigenvalue weighted by Gasteiger charge is 2.38. The fraction of sp³-hybridized carbons (Fsp3) is 0.370. The average molecular weight is 598 g/mol. The van der Waals surface area contributed by atoms with Gasteiger partial charge in [0.05, 0.1) is 33.4 Å². The van der Waals surface area contributed by atoms with Crippen molar-refractivity contribution in [3.05, 3.63) is 53.9 Å². The molecule has 16 heteroatoms. The summed E-state index contributed by atoms with van der Waals surface area (Å²) in [5, 5.41) is 23.6. The molecular weight excluding hydrogens is 566 g/mol. The van der Waals surface area contributed by atoms with E-state index in [1.165, 1.54) is 31.3 Å². The van der Waals surface area contributed by atoms with E-state index in [2.05, 4.69) is 26.2 Å². The lowest BCUT2D eigenvalue weighted by Gasteiger charge is -2.22. The molecule has 1 saturated heterocycles. The second-order valence-electron chi connectivity index (χ2n) is 9.40. The van der Waals surface area contributed by atoms with E-state index in [-0.39, 0.29) is 56.5 Å². The number of carbonyl (C=O) groups is 4. The molecule has 1 fully saturated rings. The van der Waals surface area contributed by atoms with Gasteiger partial charge in [0.25, 0.3) is 18.3 Å². The minimum atomic E-state index is -0.548. The van der Waals surface area contributed by atoms with Crippen molar-refractivity contribution in [1.29, 1.82) is 0 Å². The number of carbonyl (C=O) groups excluding carboxylic acids is 3. The van der Waals surface area contributed by atoms with Gasteiger partial charge in [-0.2, -0.15) is 0 Å². The first-order chi connectivity index (χ1) is 20.8. The molecule has 3 aromatic rings. The molecule has 4 heterocycles. The molecule has 3 amide bonds. The average Bonchev–Trinajstić information content (AvgIpc) is 3.68. The second-order valence-corrected chi connectivity index (χ2v) is 9.40. The Labute approximate surface area is 245 Å². The number of likely N-dealkylation sites (tertiary alicyclic amines) is 1. The Balaban J connectivity index is 0.00000135. The van der Waals surface area contributed by atoms with E-state index in [0.717, 1.165) is 5.56 Å². The molecule has 0 aliphatic carbocycles. The van der Waals surface area contributed by atoms with Gasteiger partial charge in [-0.3, -0.25) is 19.2 Å². The number of nitrogens with zero attached hydrogens (tertiary/aromatic N) is 5. The number of ether oxygens (including phenoxy) is 4. The van der Waals surface area contributed by atoms with Crippen LogP contribution in [0.2, 0.25) is 0 Å². The van der Waals surface area contributed by atoms with Crippen molar-refractivity contribution in [2.75, 3.05) is 33.9 Å². The van der Waals surface area contributed by atoms with Crippen molar-refractivity contribution >= 4 is 24.2 Å². The van der Waals surface area contributed by atoms with E-state index >= 15 is 0 Å². The van der Waals surface area contributed by atoms with Gasteiger partial charge in [0.1, 0.15) is 35.4 Å². The summed E-state index contributed by atoms with van der Waals surface area (Å²) < 4.78 is 24.3. The number of benzene rings is 2. The molecule has 16 nitrogen and oxygen atoms in total. The van der Waals surface area contributed by atoms with Crippen molar-refractivity contribution in [3.8, 4) is 23.0 Å². The van der Waals surface area contributed by atoms with Crippen LogP contribution in [0.4, 0.5) is 0 Å². The molecule has 0 saturated carbocycles. The molecule has 3 N–H and O–H groups in total. The van der Waals surface area contributed by atoms with Crippen LogP contribution >= 0.6 is 0 Å². The number of rotatable bonds is 5. The SMILES string of the molecule is COc1cc2cc(c1)C(=O)N[C@H]1CN(C(=O)CCn3cnnn3)C[C@@H]1Oc1ccc(c(OC)c1)CNC(=O)CO2.O=CO. The van der Waals surface area contributed by atoms with Crippen LogP contribution in [0.15, 0.2) is 42.7 Å². The van der Waals surface area contributed by atoms with E-state index < -0.39 is 18.1 Å². The molecule has 3 aliphatic heterocycles. The fourth-order valence-corrected chi connectivity index (χ4v) is 4.56. The van der Waals surface area contributed by atoms with Gasteiger partial charge in [0.2, 0.25) is 5.91 Å². The number of methoxy groups -OCH3 is 2. The van der Waals surface area contributed by atoms with Gasteiger partial charge < -0.3 is 39.6 Å². The summed E-state index contributed by atoms with van der Waals surface area (Å²) in [5.41, 5.74) is 1.01. The molecule has 1 aromatic heterocycles. The summed E-state index contributed by atoms with van der Waals surface area (Å²) in [6.45, 7) is 0.527. The van der Waals surface area contributed by atoms with Crippen molar-refractivity contribution in [3.63, 3.8) is 0 Å². The first kappa shape index (κ1) is 30.5. The number of hydrogen-bond donors (Lipinski definition) is 3. The lowest BCUT2D eigenvalue weighted by Crippen LogP contribution is -2.45. The molecule has 0 spiro atoms. The zero-order chi connectivity index (χ0) is 30.8. The van der Waals surface area contributed by atoms with Crippen molar-refractivity contribution in [2.24, 2.45) is 0 Å². The molecule has 228 valence electrons. The van der Waals surface area contributed by atoms with E-state index in [1.807, 2.05) is 0 Å². The third-order valence-corrected chi connectivity index (χ3v) is 6.65. The number of carboxylic acid groups (broad SMARTS) is 1. The van der Waals surface area contributed by atoms with Crippen LogP contribution in [0.5, 0.6) is 23.0 Å². The van der Waals surface area contributed by atoms with Crippen LogP contribution in [0.25, 0.3) is 0 Å². The smallest absolute Gasteiger partial charge is 0.290 e. The Bertz CT molecular complexity index is 1430. The number of aryl methyl sites for hydroxylation is 1. The Morgan fingerprint density at radius 1 is 1.14 bits per heavy atom. The normalized spacial score (nSPS) is 18.0. The molecule has 43 heavy (non-hydrogen) atoms. The number of hydrogen-bond acceptors (Lipinski definition) is 11. The fourth-order valence-electron chi connectivity index (χ4n) is 4.56. The van der Waals surface area contributed by atoms with Crippen molar-refractivity contribution in [1.82, 2.24) is 35.7 Å². The largest absolute Gasteiger partial charge is 0.497 e. The molecule has 2 aromatic carbocycles. The predicted molar refractivity (Wildman–Crippen MR) is 147 cm³/mol. The highest BCUT2D eigenvalue weighted by molar-refractivity contribution is 5.95. The van der Waals surface area contributed by atoms with E-state index in [4.69, 9.17) is 28.8 Å². The van der Waals surface area contributed by atoms with Crippen molar-refractivity contribution in [2.45, 2.75) is 31.7 Å². The van der Waals surface area contributed by atoms with Crippen LogP contribution in [0.3, 0.4) is 0 Å². The van der Waals surface area contributed by atoms with Gasteiger partial charge in [-0.1, -0.05) is 0 Å². The standard InChI is InChI=1S/C26H29N7O7.CH2O2/c1-37-19-7-17-8-20(9-19)39-14-24(34)27-11-16-3-4-18(10-22(16)38-2)40-23-13-32(12-21(23)29-26(17)36)25(35)5-6-33-15-28-30-31-33;2-1-3/h3-4,7-10,15,21,23H,5-6,11-14H2,1-2H3,(H,27,34)(H,29,36);1H,(H,2,3)/t21-,23-;/m0./s1. The quantitative estimate of drug-likeness (QED) is 0.330. The highest BCUT2D eigenvalue weighted by atomic mass is 16.5. The monoisotopic (exact) mass is 597 g/mol. The van der Waals surface area contributed by atoms with E-state index in [9.17, 15) is 14.4 Å². The van der Waals surface area contributed by atoms with Gasteiger partial charge in [-0.05, 0) is 34.7 Å². The molecule has 0 unspecified atom stereocenters. The predicted octanol–water partition coefficient (Wildman–Crippen LogP) is -0.122. The second kappa shape index (κ2) is 14.5. The number of fused-ring (bicyclic) bond motifs is 7. The number of tetrazole rings is 1. The summed E-state index contributed by atoms with van der Waals surface area (Å²) >= 11 is 0. The van der Waals surface area contributed by atoms with Gasteiger partial charge >= 0.3 is 0 Å². The van der Waals surface area contributed by atoms with Gasteiger partial charge in [-0.25, -0.2) is 4.68 Å². The Morgan fingerprint density at radius 2 is 1.95 bits per heavy atom. The first-order valence-corrected chi connectivity index (χ1v) is 13.1. The van der Waals surface area contributed by atoms with Crippen LogP contribution in [0, 0.1) is 0 Å². The maximum atomic E-state index is 13.4. The number of aromatic nitrogens is 4. The molecule has 2 atom stereocenters. The van der Waals surface area contributed by atoms with E-state index in [0.29, 0.717) is 29.5 Å². The maximum Gasteiger partial charge on any atom is 0.290 e. The third-order valence-electron chi connectivity index (χ3n) is 6.65. The van der Waals surface area contributed by atoms with Gasteiger partial charge in [0.15, 0.2) is 6.61 Å². The zero-order valence-corrected chi connectivity index (χ0v) is 23.5. The summed E-state index contributed by atoms with van der Waals surface area (Å²) in [6.07, 6.45) is 1.08. The summed E-state index contributed by atoms with van der Waals surface area (Å²) in [7, 11) is 3.00. The summed E-state index contributed by atoms with van der Waals surface area (Å²) in [6, 6.07) is 9.43. The summed E-state index contributed by atoms with van der Waals surface area (Å²) in [5.74, 6) is 0.824. The molecule has 4 bridgehead atoms. The molecule has 0 radical (unpaired) electrons. The first-order valence-electron chi connectivity index (χ1n) is 13.1. The number of nitrogens with one attached hydrogen (secondary N) is 2. The Morgan fingerprint density at radius 3 is 2.67 bits per heavy atom. The van der Waals surface area contributed by atoms with Crippen molar-refractivity contribution < 1.29 is 43.2 Å².